The molecule has 1 fully saturated rings. The van der Waals surface area contributed by atoms with Gasteiger partial charge >= 0.3 is 5.97 Å². The zero-order chi connectivity index (χ0) is 17.3. The highest BCUT2D eigenvalue weighted by atomic mass is 16.5. The Morgan fingerprint density at radius 3 is 2.58 bits per heavy atom. The van der Waals surface area contributed by atoms with Crippen LogP contribution in [0.2, 0.25) is 0 Å². The standard InChI is InChI=1S/C19H21NO4/c1-11-6-15(23-3)7-12(2)17(11)13-8-14(10-20-9-13)18-16(19(21)22)4-5-24-18/h6-10,16,18H,4-5H2,1-3H3,(H,21,22)/t16-,18+/m1/s1. The number of carbonyl (C=O) groups is 1. The van der Waals surface area contributed by atoms with Crippen molar-refractivity contribution in [3.05, 3.63) is 47.3 Å². The highest BCUT2D eigenvalue weighted by molar-refractivity contribution is 5.73. The van der Waals surface area contributed by atoms with E-state index in [2.05, 4.69) is 4.98 Å². The number of methoxy groups -OCH3 is 1. The number of pyridine rings is 1. The van der Waals surface area contributed by atoms with E-state index in [1.165, 1.54) is 0 Å². The molecule has 0 saturated carbocycles. The second-order valence-electron chi connectivity index (χ2n) is 6.17. The number of carboxylic acids is 1. The third kappa shape index (κ3) is 2.99. The molecular formula is C19H21NO4. The molecule has 0 radical (unpaired) electrons. The lowest BCUT2D eigenvalue weighted by Crippen LogP contribution is -2.17. The molecule has 1 N–H and O–H groups in total. The van der Waals surface area contributed by atoms with Crippen molar-refractivity contribution in [1.82, 2.24) is 4.98 Å². The molecule has 3 rings (SSSR count). The molecule has 1 aliphatic heterocycles. The van der Waals surface area contributed by atoms with Gasteiger partial charge in [-0.05, 0) is 55.2 Å². The molecule has 1 aromatic heterocycles. The number of carboxylic acid groups (broad SMARTS) is 1. The Balaban J connectivity index is 2.01. The number of rotatable bonds is 4. The molecule has 0 unspecified atom stereocenters. The average molecular weight is 327 g/mol. The zero-order valence-electron chi connectivity index (χ0n) is 14.1. The second kappa shape index (κ2) is 6.61. The van der Waals surface area contributed by atoms with Crippen LogP contribution in [0.5, 0.6) is 5.75 Å². The van der Waals surface area contributed by atoms with Crippen molar-refractivity contribution in [3.63, 3.8) is 0 Å². The van der Waals surface area contributed by atoms with Crippen LogP contribution in [0.15, 0.2) is 30.6 Å². The van der Waals surface area contributed by atoms with Crippen LogP contribution < -0.4 is 4.74 Å². The molecule has 0 spiro atoms. The van der Waals surface area contributed by atoms with Crippen LogP contribution in [0, 0.1) is 19.8 Å². The van der Waals surface area contributed by atoms with Gasteiger partial charge in [-0.1, -0.05) is 0 Å². The van der Waals surface area contributed by atoms with Crippen LogP contribution in [0.4, 0.5) is 0 Å². The van der Waals surface area contributed by atoms with Gasteiger partial charge in [0.2, 0.25) is 0 Å². The van der Waals surface area contributed by atoms with Gasteiger partial charge in [0.05, 0.1) is 19.1 Å². The van der Waals surface area contributed by atoms with E-state index in [1.54, 1.807) is 19.5 Å². The molecule has 0 amide bonds. The fraction of sp³-hybridized carbons (Fsp3) is 0.368. The van der Waals surface area contributed by atoms with Gasteiger partial charge in [-0.3, -0.25) is 9.78 Å². The number of aromatic nitrogens is 1. The molecule has 24 heavy (non-hydrogen) atoms. The van der Waals surface area contributed by atoms with E-state index in [1.807, 2.05) is 32.0 Å². The van der Waals surface area contributed by atoms with E-state index in [0.29, 0.717) is 13.0 Å². The summed E-state index contributed by atoms with van der Waals surface area (Å²) in [6, 6.07) is 5.96. The highest BCUT2D eigenvalue weighted by Gasteiger charge is 2.35. The van der Waals surface area contributed by atoms with Crippen LogP contribution in [-0.4, -0.2) is 29.8 Å². The molecule has 0 bridgehead atoms. The van der Waals surface area contributed by atoms with Crippen molar-refractivity contribution in [3.8, 4) is 16.9 Å². The normalized spacial score (nSPS) is 20.1. The SMILES string of the molecule is COc1cc(C)c(-c2cncc([C@@H]3OCC[C@H]3C(=O)O)c2)c(C)c1. The van der Waals surface area contributed by atoms with Crippen LogP contribution in [0.1, 0.15) is 29.2 Å². The molecule has 5 heteroatoms. The molecular weight excluding hydrogens is 306 g/mol. The molecule has 1 aromatic carbocycles. The Morgan fingerprint density at radius 2 is 1.96 bits per heavy atom. The van der Waals surface area contributed by atoms with Crippen molar-refractivity contribution >= 4 is 5.97 Å². The topological polar surface area (TPSA) is 68.7 Å². The minimum absolute atomic E-state index is 0.436. The molecule has 5 nitrogen and oxygen atoms in total. The third-order valence-corrected chi connectivity index (χ3v) is 4.53. The number of aliphatic carboxylic acids is 1. The van der Waals surface area contributed by atoms with Crippen molar-refractivity contribution in [2.45, 2.75) is 26.4 Å². The second-order valence-corrected chi connectivity index (χ2v) is 6.17. The van der Waals surface area contributed by atoms with Crippen LogP contribution in [0.3, 0.4) is 0 Å². The molecule has 2 atom stereocenters. The number of hydrogen-bond acceptors (Lipinski definition) is 4. The summed E-state index contributed by atoms with van der Waals surface area (Å²) in [6.07, 6.45) is 3.60. The smallest absolute Gasteiger partial charge is 0.309 e. The van der Waals surface area contributed by atoms with Gasteiger partial charge in [-0.2, -0.15) is 0 Å². The Hall–Kier alpha value is -2.40. The van der Waals surface area contributed by atoms with Gasteiger partial charge < -0.3 is 14.6 Å². The van der Waals surface area contributed by atoms with Crippen molar-refractivity contribution in [1.29, 1.82) is 0 Å². The Labute approximate surface area is 141 Å². The summed E-state index contributed by atoms with van der Waals surface area (Å²) >= 11 is 0. The van der Waals surface area contributed by atoms with Gasteiger partial charge in [-0.25, -0.2) is 0 Å². The van der Waals surface area contributed by atoms with Crippen molar-refractivity contribution in [2.24, 2.45) is 5.92 Å². The number of nitrogens with zero attached hydrogens (tertiary/aromatic N) is 1. The van der Waals surface area contributed by atoms with Crippen LogP contribution in [-0.2, 0) is 9.53 Å². The van der Waals surface area contributed by atoms with Gasteiger partial charge in [0, 0.05) is 30.1 Å². The maximum absolute atomic E-state index is 11.4. The fourth-order valence-corrected chi connectivity index (χ4v) is 3.42. The number of benzene rings is 1. The predicted molar refractivity (Wildman–Crippen MR) is 90.1 cm³/mol. The minimum Gasteiger partial charge on any atom is -0.497 e. The Kier molecular flexibility index (Phi) is 4.53. The van der Waals surface area contributed by atoms with E-state index < -0.39 is 18.0 Å². The van der Waals surface area contributed by atoms with Crippen LogP contribution >= 0.6 is 0 Å². The Morgan fingerprint density at radius 1 is 1.25 bits per heavy atom. The molecule has 1 aliphatic rings. The van der Waals surface area contributed by atoms with E-state index in [0.717, 1.165) is 33.6 Å². The summed E-state index contributed by atoms with van der Waals surface area (Å²) in [5.74, 6) is -0.511. The molecule has 2 heterocycles. The van der Waals surface area contributed by atoms with E-state index in [4.69, 9.17) is 9.47 Å². The van der Waals surface area contributed by atoms with E-state index in [9.17, 15) is 9.90 Å². The average Bonchev–Trinajstić information content (AvgIpc) is 3.04. The first-order valence-corrected chi connectivity index (χ1v) is 7.96. The predicted octanol–water partition coefficient (Wildman–Crippen LogP) is 3.54. The summed E-state index contributed by atoms with van der Waals surface area (Å²) in [5.41, 5.74) is 5.05. The lowest BCUT2D eigenvalue weighted by atomic mass is 9.92. The number of hydrogen-bond donors (Lipinski definition) is 1. The summed E-state index contributed by atoms with van der Waals surface area (Å²) in [6.45, 7) is 4.53. The van der Waals surface area contributed by atoms with E-state index >= 15 is 0 Å². The lowest BCUT2D eigenvalue weighted by Gasteiger charge is -2.17. The summed E-state index contributed by atoms with van der Waals surface area (Å²) < 4.78 is 11.0. The maximum Gasteiger partial charge on any atom is 0.309 e. The minimum atomic E-state index is -0.820. The quantitative estimate of drug-likeness (QED) is 0.930. The monoisotopic (exact) mass is 327 g/mol. The first kappa shape index (κ1) is 16.5. The van der Waals surface area contributed by atoms with Gasteiger partial charge in [0.25, 0.3) is 0 Å². The first-order chi connectivity index (χ1) is 11.5. The Bertz CT molecular complexity index is 749. The highest BCUT2D eigenvalue weighted by Crippen LogP contribution is 2.37. The molecule has 0 aliphatic carbocycles. The summed E-state index contributed by atoms with van der Waals surface area (Å²) in [7, 11) is 1.65. The van der Waals surface area contributed by atoms with Gasteiger partial charge in [0.1, 0.15) is 5.75 Å². The molecule has 1 saturated heterocycles. The largest absolute Gasteiger partial charge is 0.497 e. The summed E-state index contributed by atoms with van der Waals surface area (Å²) in [4.78, 5) is 15.7. The van der Waals surface area contributed by atoms with Crippen molar-refractivity contribution in [2.75, 3.05) is 13.7 Å². The lowest BCUT2D eigenvalue weighted by molar-refractivity contribution is -0.143. The van der Waals surface area contributed by atoms with Crippen LogP contribution in [0.25, 0.3) is 11.1 Å². The number of aryl methyl sites for hydroxylation is 2. The first-order valence-electron chi connectivity index (χ1n) is 7.96. The third-order valence-electron chi connectivity index (χ3n) is 4.53. The molecule has 126 valence electrons. The molecule has 2 aromatic rings. The van der Waals surface area contributed by atoms with Gasteiger partial charge in [0.15, 0.2) is 0 Å². The summed E-state index contributed by atoms with van der Waals surface area (Å²) in [5, 5.41) is 9.36. The maximum atomic E-state index is 11.4. The van der Waals surface area contributed by atoms with Crippen molar-refractivity contribution < 1.29 is 19.4 Å². The fourth-order valence-electron chi connectivity index (χ4n) is 3.42. The van der Waals surface area contributed by atoms with E-state index in [-0.39, 0.29) is 0 Å². The zero-order valence-corrected chi connectivity index (χ0v) is 14.1. The number of ether oxygens (including phenoxy) is 2. The van der Waals surface area contributed by atoms with Gasteiger partial charge in [-0.15, -0.1) is 0 Å².